The summed E-state index contributed by atoms with van der Waals surface area (Å²) in [6, 6.07) is 11.4. The van der Waals surface area contributed by atoms with Crippen LogP contribution in [0, 0.1) is 23.6 Å². The molecular formula is C27H32ClFO2. The van der Waals surface area contributed by atoms with E-state index in [4.69, 9.17) is 16.3 Å². The second kappa shape index (κ2) is 10.2. The van der Waals surface area contributed by atoms with Crippen molar-refractivity contribution < 1.29 is 13.9 Å². The number of rotatable bonds is 6. The fourth-order valence-corrected chi connectivity index (χ4v) is 5.80. The first-order valence-electron chi connectivity index (χ1n) is 11.8. The zero-order chi connectivity index (χ0) is 21.8. The predicted molar refractivity (Wildman–Crippen MR) is 123 cm³/mol. The van der Waals surface area contributed by atoms with Crippen molar-refractivity contribution in [2.45, 2.75) is 70.6 Å². The summed E-state index contributed by atoms with van der Waals surface area (Å²) >= 11 is 5.86. The Morgan fingerprint density at radius 1 is 1.03 bits per heavy atom. The van der Waals surface area contributed by atoms with E-state index in [0.717, 1.165) is 36.2 Å². The molecule has 2 nitrogen and oxygen atoms in total. The number of fused-ring (bicyclic) bond motifs is 1. The lowest BCUT2D eigenvalue weighted by Crippen LogP contribution is -2.30. The Labute approximate surface area is 190 Å². The highest BCUT2D eigenvalue weighted by Gasteiger charge is 2.36. The van der Waals surface area contributed by atoms with Gasteiger partial charge in [0, 0.05) is 5.02 Å². The molecule has 0 N–H and O–H groups in total. The van der Waals surface area contributed by atoms with Crippen LogP contribution in [-0.4, -0.2) is 5.97 Å². The van der Waals surface area contributed by atoms with Gasteiger partial charge in [0.15, 0.2) is 0 Å². The normalized spacial score (nSPS) is 25.6. The van der Waals surface area contributed by atoms with E-state index < -0.39 is 5.97 Å². The van der Waals surface area contributed by atoms with Crippen LogP contribution in [-0.2, 0) is 0 Å². The Hall–Kier alpha value is -1.87. The Balaban J connectivity index is 1.37. The van der Waals surface area contributed by atoms with Crippen LogP contribution in [0.5, 0.6) is 5.75 Å². The standard InChI is InChI=1S/C27H32ClFO2/c1-2-3-4-18-5-6-20-16-21(8-7-19(20)15-18)25-14-9-22(17-26(25)29)27(30)31-24-12-10-23(28)11-13-24/h9-14,17-21H,2-8,15-16H2,1H3. The Morgan fingerprint density at radius 2 is 1.77 bits per heavy atom. The van der Waals surface area contributed by atoms with Crippen LogP contribution in [0.15, 0.2) is 42.5 Å². The van der Waals surface area contributed by atoms with Gasteiger partial charge < -0.3 is 4.74 Å². The van der Waals surface area contributed by atoms with E-state index in [-0.39, 0.29) is 17.3 Å². The van der Waals surface area contributed by atoms with Crippen LogP contribution in [0.1, 0.15) is 86.6 Å². The summed E-state index contributed by atoms with van der Waals surface area (Å²) in [4.78, 5) is 12.4. The van der Waals surface area contributed by atoms with E-state index in [1.165, 1.54) is 51.0 Å². The van der Waals surface area contributed by atoms with Gasteiger partial charge in [0.1, 0.15) is 11.6 Å². The summed E-state index contributed by atoms with van der Waals surface area (Å²) in [6.07, 6.45) is 11.4. The molecule has 2 saturated carbocycles. The fourth-order valence-electron chi connectivity index (χ4n) is 5.68. The van der Waals surface area contributed by atoms with Crippen LogP contribution in [0.4, 0.5) is 4.39 Å². The molecule has 4 atom stereocenters. The number of halogens is 2. The van der Waals surface area contributed by atoms with Gasteiger partial charge in [-0.15, -0.1) is 0 Å². The lowest BCUT2D eigenvalue weighted by atomic mass is 9.63. The molecule has 166 valence electrons. The molecule has 2 fully saturated rings. The number of hydrogen-bond acceptors (Lipinski definition) is 2. The van der Waals surface area contributed by atoms with Crippen molar-refractivity contribution >= 4 is 17.6 Å². The minimum atomic E-state index is -0.554. The van der Waals surface area contributed by atoms with Gasteiger partial charge in [0.25, 0.3) is 0 Å². The summed E-state index contributed by atoms with van der Waals surface area (Å²) in [5.41, 5.74) is 0.996. The van der Waals surface area contributed by atoms with E-state index in [1.54, 1.807) is 36.4 Å². The number of unbranched alkanes of at least 4 members (excludes halogenated alkanes) is 1. The van der Waals surface area contributed by atoms with E-state index in [1.807, 2.05) is 0 Å². The second-order valence-electron chi connectivity index (χ2n) is 9.43. The average Bonchev–Trinajstić information content (AvgIpc) is 2.78. The maximum Gasteiger partial charge on any atom is 0.343 e. The summed E-state index contributed by atoms with van der Waals surface area (Å²) in [6.45, 7) is 2.27. The fraction of sp³-hybridized carbons (Fsp3) is 0.519. The first-order chi connectivity index (χ1) is 15.0. The molecule has 0 heterocycles. The smallest absolute Gasteiger partial charge is 0.343 e. The maximum absolute atomic E-state index is 15.0. The van der Waals surface area contributed by atoms with Gasteiger partial charge >= 0.3 is 5.97 Å². The molecule has 0 saturated heterocycles. The predicted octanol–water partition coefficient (Wildman–Crippen LogP) is 8.19. The molecule has 0 aliphatic heterocycles. The maximum atomic E-state index is 15.0. The van der Waals surface area contributed by atoms with E-state index >= 15 is 0 Å². The third-order valence-electron chi connectivity index (χ3n) is 7.39. The lowest BCUT2D eigenvalue weighted by Gasteiger charge is -2.42. The minimum absolute atomic E-state index is 0.237. The van der Waals surface area contributed by atoms with Gasteiger partial charge in [-0.1, -0.05) is 50.3 Å². The molecule has 31 heavy (non-hydrogen) atoms. The number of ether oxygens (including phenoxy) is 1. The summed E-state index contributed by atoms with van der Waals surface area (Å²) in [7, 11) is 0. The van der Waals surface area contributed by atoms with Gasteiger partial charge in [-0.3, -0.25) is 0 Å². The second-order valence-corrected chi connectivity index (χ2v) is 9.87. The SMILES string of the molecule is CCCCC1CCC2CC(c3ccc(C(=O)Oc4ccc(Cl)cc4)cc3F)CCC2C1. The van der Waals surface area contributed by atoms with Crippen molar-refractivity contribution in [3.8, 4) is 5.75 Å². The molecule has 0 radical (unpaired) electrons. The highest BCUT2D eigenvalue weighted by Crippen LogP contribution is 2.48. The largest absolute Gasteiger partial charge is 0.423 e. The topological polar surface area (TPSA) is 26.3 Å². The van der Waals surface area contributed by atoms with Crippen LogP contribution in [0.2, 0.25) is 5.02 Å². The Bertz CT molecular complexity index is 895. The number of hydrogen-bond donors (Lipinski definition) is 0. The molecule has 2 aromatic rings. The number of benzene rings is 2. The zero-order valence-electron chi connectivity index (χ0n) is 18.3. The lowest BCUT2D eigenvalue weighted by molar-refractivity contribution is 0.0734. The molecule has 2 aromatic carbocycles. The Morgan fingerprint density at radius 3 is 2.52 bits per heavy atom. The first-order valence-corrected chi connectivity index (χ1v) is 12.2. The van der Waals surface area contributed by atoms with E-state index in [2.05, 4.69) is 6.92 Å². The van der Waals surface area contributed by atoms with Crippen molar-refractivity contribution in [2.24, 2.45) is 17.8 Å². The highest BCUT2D eigenvalue weighted by molar-refractivity contribution is 6.30. The molecule has 4 rings (SSSR count). The molecule has 2 aliphatic carbocycles. The van der Waals surface area contributed by atoms with Crippen molar-refractivity contribution in [3.63, 3.8) is 0 Å². The first kappa shape index (κ1) is 22.3. The number of carbonyl (C=O) groups is 1. The van der Waals surface area contributed by atoms with Gasteiger partial charge in [-0.05, 0) is 97.7 Å². The Kier molecular flexibility index (Phi) is 7.32. The van der Waals surface area contributed by atoms with Crippen LogP contribution in [0.25, 0.3) is 0 Å². The molecule has 0 amide bonds. The summed E-state index contributed by atoms with van der Waals surface area (Å²) in [5, 5.41) is 0.569. The summed E-state index contributed by atoms with van der Waals surface area (Å²) in [5.74, 6) is 2.27. The molecular weight excluding hydrogens is 411 g/mol. The van der Waals surface area contributed by atoms with E-state index in [9.17, 15) is 9.18 Å². The molecule has 4 heteroatoms. The van der Waals surface area contributed by atoms with Crippen molar-refractivity contribution in [3.05, 3.63) is 64.4 Å². The molecule has 4 unspecified atom stereocenters. The average molecular weight is 443 g/mol. The number of esters is 1. The zero-order valence-corrected chi connectivity index (χ0v) is 19.0. The van der Waals surface area contributed by atoms with Crippen LogP contribution < -0.4 is 4.74 Å². The van der Waals surface area contributed by atoms with Gasteiger partial charge in [-0.2, -0.15) is 0 Å². The number of carbonyl (C=O) groups excluding carboxylic acids is 1. The van der Waals surface area contributed by atoms with Gasteiger partial charge in [-0.25, -0.2) is 9.18 Å². The molecule has 0 aromatic heterocycles. The minimum Gasteiger partial charge on any atom is -0.423 e. The van der Waals surface area contributed by atoms with Crippen molar-refractivity contribution in [1.82, 2.24) is 0 Å². The molecule has 0 spiro atoms. The van der Waals surface area contributed by atoms with E-state index in [0.29, 0.717) is 10.8 Å². The monoisotopic (exact) mass is 442 g/mol. The molecule has 2 aliphatic rings. The van der Waals surface area contributed by atoms with Crippen molar-refractivity contribution in [1.29, 1.82) is 0 Å². The van der Waals surface area contributed by atoms with Crippen molar-refractivity contribution in [2.75, 3.05) is 0 Å². The molecule has 0 bridgehead atoms. The van der Waals surface area contributed by atoms with Crippen LogP contribution in [0.3, 0.4) is 0 Å². The highest BCUT2D eigenvalue weighted by atomic mass is 35.5. The van der Waals surface area contributed by atoms with Gasteiger partial charge in [0.2, 0.25) is 0 Å². The van der Waals surface area contributed by atoms with Crippen LogP contribution >= 0.6 is 11.6 Å². The van der Waals surface area contributed by atoms with Gasteiger partial charge in [0.05, 0.1) is 5.56 Å². The quantitative estimate of drug-likeness (QED) is 0.333. The third kappa shape index (κ3) is 5.49. The summed E-state index contributed by atoms with van der Waals surface area (Å²) < 4.78 is 20.3. The third-order valence-corrected chi connectivity index (χ3v) is 7.64.